The van der Waals surface area contributed by atoms with Gasteiger partial charge in [0.05, 0.1) is 12.4 Å². The maximum absolute atomic E-state index is 10.8. The molecular weight excluding hydrogens is 248 g/mol. The van der Waals surface area contributed by atoms with Gasteiger partial charge in [-0.05, 0) is 24.6 Å². The summed E-state index contributed by atoms with van der Waals surface area (Å²) in [5.41, 5.74) is 1.11. The van der Waals surface area contributed by atoms with E-state index in [0.717, 1.165) is 11.3 Å². The van der Waals surface area contributed by atoms with E-state index >= 15 is 0 Å². The molecule has 1 atom stereocenters. The summed E-state index contributed by atoms with van der Waals surface area (Å²) in [6.45, 7) is 4.10. The lowest BCUT2D eigenvalue weighted by Gasteiger charge is -2.11. The highest BCUT2D eigenvalue weighted by molar-refractivity contribution is 8.13. The molecule has 0 aliphatic carbocycles. The first kappa shape index (κ1) is 13.3. The Morgan fingerprint density at radius 1 is 1.44 bits per heavy atom. The fourth-order valence-electron chi connectivity index (χ4n) is 1.33. The van der Waals surface area contributed by atoms with Crippen molar-refractivity contribution < 1.29 is 13.2 Å². The lowest BCUT2D eigenvalue weighted by molar-refractivity contribution is 0.272. The number of aryl methyl sites for hydroxylation is 1. The van der Waals surface area contributed by atoms with Crippen LogP contribution in [-0.2, 0) is 9.05 Å². The van der Waals surface area contributed by atoms with Crippen LogP contribution >= 0.6 is 10.7 Å². The average Bonchev–Trinajstić information content (AvgIpc) is 2.12. The number of ether oxygens (including phenoxy) is 1. The molecule has 1 unspecified atom stereocenters. The van der Waals surface area contributed by atoms with Crippen LogP contribution in [0.4, 0.5) is 0 Å². The van der Waals surface area contributed by atoms with Crippen molar-refractivity contribution >= 4 is 19.7 Å². The summed E-state index contributed by atoms with van der Waals surface area (Å²) in [5.74, 6) is 0.558. The summed E-state index contributed by atoms with van der Waals surface area (Å²) in [6.07, 6.45) is 0. The third-order valence-electron chi connectivity index (χ3n) is 2.01. The fourth-order valence-corrected chi connectivity index (χ4v) is 2.75. The molecule has 0 amide bonds. The van der Waals surface area contributed by atoms with E-state index in [4.69, 9.17) is 15.4 Å². The molecule has 0 spiro atoms. The van der Waals surface area contributed by atoms with Crippen molar-refractivity contribution in [1.82, 2.24) is 0 Å². The molecule has 16 heavy (non-hydrogen) atoms. The molecule has 1 rings (SSSR count). The molecule has 1 aromatic rings. The maximum atomic E-state index is 10.8. The Labute approximate surface area is 101 Å². The predicted octanol–water partition coefficient (Wildman–Crippen LogP) is 2.58. The topological polar surface area (TPSA) is 43.4 Å². The van der Waals surface area contributed by atoms with Gasteiger partial charge in [0, 0.05) is 16.6 Å². The summed E-state index contributed by atoms with van der Waals surface area (Å²) < 4.78 is 27.1. The van der Waals surface area contributed by atoms with E-state index in [9.17, 15) is 8.42 Å². The maximum Gasteiger partial charge on any atom is 0.232 e. The van der Waals surface area contributed by atoms with Gasteiger partial charge in [-0.25, -0.2) is 8.42 Å². The van der Waals surface area contributed by atoms with Gasteiger partial charge in [-0.15, -0.1) is 0 Å². The molecule has 0 aromatic heterocycles. The summed E-state index contributed by atoms with van der Waals surface area (Å²) in [6, 6.07) is 7.62. The van der Waals surface area contributed by atoms with Gasteiger partial charge in [-0.3, -0.25) is 0 Å². The van der Waals surface area contributed by atoms with Gasteiger partial charge in [0.1, 0.15) is 5.75 Å². The zero-order valence-electron chi connectivity index (χ0n) is 9.31. The summed E-state index contributed by atoms with van der Waals surface area (Å²) in [7, 11) is 1.71. The third-order valence-corrected chi connectivity index (χ3v) is 3.35. The second kappa shape index (κ2) is 5.55. The van der Waals surface area contributed by atoms with Crippen molar-refractivity contribution in [2.75, 3.05) is 12.4 Å². The molecular formula is C11H15ClO3S. The van der Waals surface area contributed by atoms with Gasteiger partial charge < -0.3 is 4.74 Å². The number of hydrogen-bond donors (Lipinski definition) is 0. The van der Waals surface area contributed by atoms with E-state index in [-0.39, 0.29) is 11.7 Å². The van der Waals surface area contributed by atoms with E-state index in [0.29, 0.717) is 6.61 Å². The van der Waals surface area contributed by atoms with Crippen molar-refractivity contribution in [2.45, 2.75) is 13.8 Å². The van der Waals surface area contributed by atoms with Gasteiger partial charge in [-0.2, -0.15) is 0 Å². The molecule has 0 aliphatic heterocycles. The fraction of sp³-hybridized carbons (Fsp3) is 0.455. The highest BCUT2D eigenvalue weighted by Crippen LogP contribution is 2.14. The van der Waals surface area contributed by atoms with E-state index in [1.54, 1.807) is 6.92 Å². The Morgan fingerprint density at radius 3 is 2.69 bits per heavy atom. The molecule has 0 saturated heterocycles. The molecule has 5 heteroatoms. The molecule has 0 saturated carbocycles. The SMILES string of the molecule is Cc1cccc(OCC(C)CS(=O)(=O)Cl)c1. The van der Waals surface area contributed by atoms with Crippen LogP contribution in [0.3, 0.4) is 0 Å². The Kier molecular flexibility index (Phi) is 4.62. The van der Waals surface area contributed by atoms with Crippen LogP contribution in [0.25, 0.3) is 0 Å². The Bertz CT molecular complexity index is 442. The Hall–Kier alpha value is -0.740. The Balaban J connectivity index is 2.46. The molecule has 0 aliphatic rings. The first-order valence-corrected chi connectivity index (χ1v) is 7.46. The number of halogens is 1. The zero-order chi connectivity index (χ0) is 12.2. The smallest absolute Gasteiger partial charge is 0.232 e. The molecule has 90 valence electrons. The second-order valence-corrected chi connectivity index (χ2v) is 6.76. The van der Waals surface area contributed by atoms with Gasteiger partial charge in [0.15, 0.2) is 0 Å². The van der Waals surface area contributed by atoms with Crippen LogP contribution in [0.15, 0.2) is 24.3 Å². The van der Waals surface area contributed by atoms with Crippen molar-refractivity contribution in [3.63, 3.8) is 0 Å². The van der Waals surface area contributed by atoms with Gasteiger partial charge in [0.25, 0.3) is 0 Å². The monoisotopic (exact) mass is 262 g/mol. The van der Waals surface area contributed by atoms with Crippen molar-refractivity contribution in [2.24, 2.45) is 5.92 Å². The van der Waals surface area contributed by atoms with Crippen molar-refractivity contribution in [3.05, 3.63) is 29.8 Å². The molecule has 0 radical (unpaired) electrons. The molecule has 0 heterocycles. The molecule has 0 N–H and O–H groups in total. The highest BCUT2D eigenvalue weighted by Gasteiger charge is 2.13. The van der Waals surface area contributed by atoms with Crippen LogP contribution < -0.4 is 4.74 Å². The average molecular weight is 263 g/mol. The first-order chi connectivity index (χ1) is 7.37. The van der Waals surface area contributed by atoms with Gasteiger partial charge >= 0.3 is 0 Å². The quantitative estimate of drug-likeness (QED) is 0.766. The predicted molar refractivity (Wildman–Crippen MR) is 65.5 cm³/mol. The normalized spacial score (nSPS) is 13.4. The van der Waals surface area contributed by atoms with Gasteiger partial charge in [0.2, 0.25) is 9.05 Å². The molecule has 3 nitrogen and oxygen atoms in total. The van der Waals surface area contributed by atoms with Crippen LogP contribution in [0.2, 0.25) is 0 Å². The van der Waals surface area contributed by atoms with Crippen LogP contribution in [0.1, 0.15) is 12.5 Å². The zero-order valence-corrected chi connectivity index (χ0v) is 10.9. The van der Waals surface area contributed by atoms with Crippen LogP contribution in [0, 0.1) is 12.8 Å². The number of hydrogen-bond acceptors (Lipinski definition) is 3. The van der Waals surface area contributed by atoms with Crippen molar-refractivity contribution in [1.29, 1.82) is 0 Å². The molecule has 0 bridgehead atoms. The highest BCUT2D eigenvalue weighted by atomic mass is 35.7. The largest absolute Gasteiger partial charge is 0.493 e. The van der Waals surface area contributed by atoms with Crippen molar-refractivity contribution in [3.8, 4) is 5.75 Å². The summed E-state index contributed by atoms with van der Waals surface area (Å²) in [5, 5.41) is 0. The summed E-state index contributed by atoms with van der Waals surface area (Å²) in [4.78, 5) is 0. The lowest BCUT2D eigenvalue weighted by atomic mass is 10.2. The molecule has 1 aromatic carbocycles. The standard InChI is InChI=1S/C11H15ClO3S/c1-9-4-3-5-11(6-9)15-7-10(2)8-16(12,13)14/h3-6,10H,7-8H2,1-2H3. The molecule has 0 fully saturated rings. The lowest BCUT2D eigenvalue weighted by Crippen LogP contribution is -2.16. The van der Waals surface area contributed by atoms with Gasteiger partial charge in [-0.1, -0.05) is 19.1 Å². The van der Waals surface area contributed by atoms with E-state index in [2.05, 4.69) is 0 Å². The summed E-state index contributed by atoms with van der Waals surface area (Å²) >= 11 is 0. The minimum Gasteiger partial charge on any atom is -0.493 e. The van der Waals surface area contributed by atoms with Crippen LogP contribution in [0.5, 0.6) is 5.75 Å². The van der Waals surface area contributed by atoms with E-state index in [1.165, 1.54) is 0 Å². The second-order valence-electron chi connectivity index (χ2n) is 3.94. The number of benzene rings is 1. The Morgan fingerprint density at radius 2 is 2.12 bits per heavy atom. The van der Waals surface area contributed by atoms with Crippen LogP contribution in [-0.4, -0.2) is 20.8 Å². The minimum absolute atomic E-state index is 0.0691. The minimum atomic E-state index is -3.44. The van der Waals surface area contributed by atoms with E-state index in [1.807, 2.05) is 31.2 Å². The third kappa shape index (κ3) is 5.37. The first-order valence-electron chi connectivity index (χ1n) is 4.98. The van der Waals surface area contributed by atoms with E-state index < -0.39 is 9.05 Å². The number of rotatable bonds is 5.